The molecule has 0 aromatic rings. The predicted octanol–water partition coefficient (Wildman–Crippen LogP) is -0.178. The second-order valence-electron chi connectivity index (χ2n) is 5.73. The van der Waals surface area contributed by atoms with Crippen LogP contribution in [0.25, 0.3) is 0 Å². The lowest BCUT2D eigenvalue weighted by Crippen LogP contribution is -2.52. The number of carbonyl (C=O) groups excluding carboxylic acids is 1. The van der Waals surface area contributed by atoms with Gasteiger partial charge in [-0.15, -0.1) is 0 Å². The molecule has 0 bridgehead atoms. The maximum Gasteiger partial charge on any atom is 0.227 e. The molecule has 2 aliphatic heterocycles. The zero-order chi connectivity index (χ0) is 14.8. The lowest BCUT2D eigenvalue weighted by atomic mass is 9.98. The number of piperidine rings is 1. The molecule has 0 aliphatic carbocycles. The summed E-state index contributed by atoms with van der Waals surface area (Å²) in [4.78, 5) is 16.6. The van der Waals surface area contributed by atoms with Gasteiger partial charge in [-0.1, -0.05) is 0 Å². The molecule has 0 unspecified atom stereocenters. The fourth-order valence-corrected chi connectivity index (χ4v) is 4.04. The van der Waals surface area contributed by atoms with E-state index in [2.05, 4.69) is 11.9 Å². The number of hydrogen-bond acceptors (Lipinski definition) is 4. The zero-order valence-electron chi connectivity index (χ0n) is 12.4. The Morgan fingerprint density at radius 2 is 1.80 bits per heavy atom. The molecule has 2 rings (SSSR count). The molecule has 0 radical (unpaired) electrons. The van der Waals surface area contributed by atoms with Crippen LogP contribution in [0, 0.1) is 5.92 Å². The Bertz CT molecular complexity index is 444. The van der Waals surface area contributed by atoms with Crippen LogP contribution in [-0.4, -0.2) is 80.5 Å². The van der Waals surface area contributed by atoms with Crippen LogP contribution in [0.1, 0.15) is 19.8 Å². The molecule has 0 aromatic carbocycles. The number of sulfonamides is 1. The molecule has 1 amide bonds. The van der Waals surface area contributed by atoms with Crippen LogP contribution in [-0.2, 0) is 14.8 Å². The standard InChI is InChI=1S/C13H25N3O3S/c1-3-20(18,19)16-6-4-5-12(11-16)13(17)15-9-7-14(2)8-10-15/h12H,3-11H2,1-2H3/t12-/m1/s1. The second-order valence-corrected chi connectivity index (χ2v) is 7.98. The van der Waals surface area contributed by atoms with E-state index in [0.29, 0.717) is 13.1 Å². The summed E-state index contributed by atoms with van der Waals surface area (Å²) in [5.41, 5.74) is 0. The monoisotopic (exact) mass is 303 g/mol. The van der Waals surface area contributed by atoms with E-state index in [0.717, 1.165) is 39.0 Å². The first kappa shape index (κ1) is 15.7. The van der Waals surface area contributed by atoms with Gasteiger partial charge in [0.1, 0.15) is 0 Å². The van der Waals surface area contributed by atoms with Gasteiger partial charge in [0.15, 0.2) is 0 Å². The van der Waals surface area contributed by atoms with E-state index >= 15 is 0 Å². The normalized spacial score (nSPS) is 26.7. The summed E-state index contributed by atoms with van der Waals surface area (Å²) in [6.07, 6.45) is 1.59. The Labute approximate surface area is 121 Å². The topological polar surface area (TPSA) is 60.9 Å². The molecular formula is C13H25N3O3S. The van der Waals surface area contributed by atoms with Crippen LogP contribution in [0.4, 0.5) is 0 Å². The van der Waals surface area contributed by atoms with Gasteiger partial charge in [-0.05, 0) is 26.8 Å². The second kappa shape index (κ2) is 6.41. The third-order valence-corrected chi connectivity index (χ3v) is 6.15. The molecule has 2 heterocycles. The highest BCUT2D eigenvalue weighted by Crippen LogP contribution is 2.22. The minimum Gasteiger partial charge on any atom is -0.340 e. The molecule has 2 fully saturated rings. The van der Waals surface area contributed by atoms with Gasteiger partial charge in [0.2, 0.25) is 15.9 Å². The van der Waals surface area contributed by atoms with E-state index in [-0.39, 0.29) is 17.6 Å². The van der Waals surface area contributed by atoms with E-state index < -0.39 is 10.0 Å². The number of rotatable bonds is 3. The number of likely N-dealkylation sites (N-methyl/N-ethyl adjacent to an activating group) is 1. The first-order chi connectivity index (χ1) is 9.44. The lowest BCUT2D eigenvalue weighted by Gasteiger charge is -2.37. The van der Waals surface area contributed by atoms with Gasteiger partial charge in [0.25, 0.3) is 0 Å². The predicted molar refractivity (Wildman–Crippen MR) is 77.8 cm³/mol. The summed E-state index contributed by atoms with van der Waals surface area (Å²) in [7, 11) is -1.12. The highest BCUT2D eigenvalue weighted by Gasteiger charge is 2.34. The zero-order valence-corrected chi connectivity index (χ0v) is 13.2. The molecule has 20 heavy (non-hydrogen) atoms. The summed E-state index contributed by atoms with van der Waals surface area (Å²) >= 11 is 0. The molecule has 0 saturated carbocycles. The van der Waals surface area contributed by atoms with Gasteiger partial charge < -0.3 is 9.80 Å². The summed E-state index contributed by atoms with van der Waals surface area (Å²) in [5.74, 6) is 0.0881. The van der Waals surface area contributed by atoms with Gasteiger partial charge in [-0.3, -0.25) is 4.79 Å². The van der Waals surface area contributed by atoms with Crippen molar-refractivity contribution in [2.24, 2.45) is 5.92 Å². The Morgan fingerprint density at radius 3 is 2.40 bits per heavy atom. The minimum absolute atomic E-state index is 0.114. The van der Waals surface area contributed by atoms with Crippen molar-refractivity contribution in [1.29, 1.82) is 0 Å². The van der Waals surface area contributed by atoms with E-state index in [1.54, 1.807) is 6.92 Å². The van der Waals surface area contributed by atoms with Crippen molar-refractivity contribution in [2.45, 2.75) is 19.8 Å². The number of hydrogen-bond donors (Lipinski definition) is 0. The molecule has 7 heteroatoms. The van der Waals surface area contributed by atoms with Gasteiger partial charge in [-0.2, -0.15) is 0 Å². The molecular weight excluding hydrogens is 278 g/mol. The minimum atomic E-state index is -3.17. The van der Waals surface area contributed by atoms with Crippen LogP contribution in [0.5, 0.6) is 0 Å². The van der Waals surface area contributed by atoms with Crippen LogP contribution in [0.3, 0.4) is 0 Å². The largest absolute Gasteiger partial charge is 0.340 e. The van der Waals surface area contributed by atoms with Crippen LogP contribution < -0.4 is 0 Å². The Morgan fingerprint density at radius 1 is 1.15 bits per heavy atom. The maximum absolute atomic E-state index is 12.5. The van der Waals surface area contributed by atoms with Crippen molar-refractivity contribution in [3.8, 4) is 0 Å². The molecule has 2 saturated heterocycles. The highest BCUT2D eigenvalue weighted by atomic mass is 32.2. The van der Waals surface area contributed by atoms with Crippen LogP contribution in [0.15, 0.2) is 0 Å². The van der Waals surface area contributed by atoms with E-state index in [4.69, 9.17) is 0 Å². The van der Waals surface area contributed by atoms with Crippen molar-refractivity contribution < 1.29 is 13.2 Å². The van der Waals surface area contributed by atoms with Gasteiger partial charge in [0.05, 0.1) is 11.7 Å². The number of piperazine rings is 1. The molecule has 6 nitrogen and oxygen atoms in total. The van der Waals surface area contributed by atoms with Crippen molar-refractivity contribution in [2.75, 3.05) is 52.1 Å². The van der Waals surface area contributed by atoms with Gasteiger partial charge in [0, 0.05) is 39.3 Å². The molecule has 116 valence electrons. The number of nitrogens with zero attached hydrogens (tertiary/aromatic N) is 3. The molecule has 0 aromatic heterocycles. The first-order valence-electron chi connectivity index (χ1n) is 7.39. The van der Waals surface area contributed by atoms with Gasteiger partial charge in [-0.25, -0.2) is 12.7 Å². The first-order valence-corrected chi connectivity index (χ1v) is 9.00. The van der Waals surface area contributed by atoms with E-state index in [9.17, 15) is 13.2 Å². The summed E-state index contributed by atoms with van der Waals surface area (Å²) in [6.45, 7) is 5.88. The number of carbonyl (C=O) groups is 1. The van der Waals surface area contributed by atoms with Crippen LogP contribution >= 0.6 is 0 Å². The summed E-state index contributed by atoms with van der Waals surface area (Å²) in [6, 6.07) is 0. The van der Waals surface area contributed by atoms with Crippen molar-refractivity contribution in [3.63, 3.8) is 0 Å². The van der Waals surface area contributed by atoms with E-state index in [1.807, 2.05) is 4.90 Å². The fraction of sp³-hybridized carbons (Fsp3) is 0.923. The summed E-state index contributed by atoms with van der Waals surface area (Å²) < 4.78 is 25.4. The third-order valence-electron chi connectivity index (χ3n) is 4.31. The fourth-order valence-electron chi connectivity index (χ4n) is 2.86. The van der Waals surface area contributed by atoms with Gasteiger partial charge >= 0.3 is 0 Å². The van der Waals surface area contributed by atoms with Crippen molar-refractivity contribution in [1.82, 2.24) is 14.1 Å². The molecule has 2 aliphatic rings. The molecule has 0 spiro atoms. The SMILES string of the molecule is CCS(=O)(=O)N1CCC[C@@H](C(=O)N2CCN(C)CC2)C1. The third kappa shape index (κ3) is 3.51. The smallest absolute Gasteiger partial charge is 0.227 e. The quantitative estimate of drug-likeness (QED) is 0.726. The number of amides is 1. The highest BCUT2D eigenvalue weighted by molar-refractivity contribution is 7.89. The molecule has 0 N–H and O–H groups in total. The summed E-state index contributed by atoms with van der Waals surface area (Å²) in [5, 5.41) is 0. The van der Waals surface area contributed by atoms with Crippen LogP contribution in [0.2, 0.25) is 0 Å². The average molecular weight is 303 g/mol. The Balaban J connectivity index is 1.97. The lowest BCUT2D eigenvalue weighted by molar-refractivity contribution is -0.138. The van der Waals surface area contributed by atoms with Crippen molar-refractivity contribution in [3.05, 3.63) is 0 Å². The Kier molecular flexibility index (Phi) is 5.04. The average Bonchev–Trinajstić information content (AvgIpc) is 2.47. The maximum atomic E-state index is 12.5. The van der Waals surface area contributed by atoms with Crippen molar-refractivity contribution >= 4 is 15.9 Å². The molecule has 1 atom stereocenters. The van der Waals surface area contributed by atoms with E-state index in [1.165, 1.54) is 4.31 Å². The Hall–Kier alpha value is -0.660.